The van der Waals surface area contributed by atoms with Crippen molar-refractivity contribution < 1.29 is 19.1 Å². The van der Waals surface area contributed by atoms with E-state index in [2.05, 4.69) is 0 Å². The molecule has 0 radical (unpaired) electrons. The van der Waals surface area contributed by atoms with Crippen LogP contribution in [-0.2, 0) is 6.54 Å². The average Bonchev–Trinajstić information content (AvgIpc) is 2.18. The van der Waals surface area contributed by atoms with Crippen molar-refractivity contribution in [3.8, 4) is 11.5 Å². The molecule has 4 nitrogen and oxygen atoms in total. The summed E-state index contributed by atoms with van der Waals surface area (Å²) in [6, 6.07) is 3.14. The monoisotopic (exact) mass is 215 g/mol. The average molecular weight is 215 g/mol. The van der Waals surface area contributed by atoms with Crippen LogP contribution in [0.4, 0.5) is 4.39 Å². The fraction of sp³-hybridized carbons (Fsp3) is 0.400. The van der Waals surface area contributed by atoms with Gasteiger partial charge in [0, 0.05) is 12.6 Å². The van der Waals surface area contributed by atoms with Crippen LogP contribution < -0.4 is 9.47 Å². The number of hydrogen-bond donors (Lipinski definition) is 1. The highest BCUT2D eigenvalue weighted by atomic mass is 19.1. The van der Waals surface area contributed by atoms with Gasteiger partial charge >= 0.3 is 0 Å². The largest absolute Gasteiger partial charge is 0.494 e. The number of ether oxygens (including phenoxy) is 2. The predicted molar refractivity (Wildman–Crippen MR) is 52.8 cm³/mol. The Hall–Kier alpha value is -1.33. The molecule has 1 aromatic rings. The van der Waals surface area contributed by atoms with Gasteiger partial charge in [-0.05, 0) is 6.07 Å². The molecule has 0 unspecified atom stereocenters. The third-order valence-electron chi connectivity index (χ3n) is 1.97. The van der Waals surface area contributed by atoms with E-state index in [1.54, 1.807) is 6.07 Å². The Labute approximate surface area is 87.8 Å². The van der Waals surface area contributed by atoms with Crippen molar-refractivity contribution in [2.75, 3.05) is 21.3 Å². The van der Waals surface area contributed by atoms with Crippen molar-refractivity contribution in [1.29, 1.82) is 0 Å². The molecule has 5 heteroatoms. The van der Waals surface area contributed by atoms with Gasteiger partial charge in [-0.25, -0.2) is 0 Å². The molecular formula is C10H14FNO3. The first kappa shape index (κ1) is 11.7. The van der Waals surface area contributed by atoms with Gasteiger partial charge in [-0.15, -0.1) is 0 Å². The zero-order valence-electron chi connectivity index (χ0n) is 8.95. The molecule has 84 valence electrons. The van der Waals surface area contributed by atoms with Crippen LogP contribution in [0.2, 0.25) is 0 Å². The molecule has 0 aliphatic carbocycles. The van der Waals surface area contributed by atoms with Gasteiger partial charge in [0.25, 0.3) is 0 Å². The maximum atomic E-state index is 13.6. The van der Waals surface area contributed by atoms with Crippen LogP contribution >= 0.6 is 0 Å². The summed E-state index contributed by atoms with van der Waals surface area (Å²) in [5, 5.41) is 10.0. The minimum atomic E-state index is -0.556. The molecule has 0 saturated carbocycles. The second kappa shape index (κ2) is 4.95. The second-order valence-corrected chi connectivity index (χ2v) is 3.09. The van der Waals surface area contributed by atoms with E-state index in [0.717, 1.165) is 5.06 Å². The van der Waals surface area contributed by atoms with E-state index in [1.165, 1.54) is 27.3 Å². The predicted octanol–water partition coefficient (Wildman–Crippen LogP) is 1.66. The molecule has 0 aliphatic rings. The molecule has 1 aromatic carbocycles. The molecule has 0 saturated heterocycles. The first-order valence-corrected chi connectivity index (χ1v) is 4.39. The van der Waals surface area contributed by atoms with E-state index in [1.807, 2.05) is 0 Å². The quantitative estimate of drug-likeness (QED) is 0.776. The number of nitrogens with zero attached hydrogens (tertiary/aromatic N) is 1. The Balaban J connectivity index is 3.12. The van der Waals surface area contributed by atoms with Crippen LogP contribution in [-0.4, -0.2) is 31.5 Å². The Morgan fingerprint density at radius 1 is 1.33 bits per heavy atom. The van der Waals surface area contributed by atoms with Gasteiger partial charge < -0.3 is 14.7 Å². The molecule has 0 aliphatic heterocycles. The van der Waals surface area contributed by atoms with Gasteiger partial charge in [0.2, 0.25) is 5.82 Å². The van der Waals surface area contributed by atoms with Gasteiger partial charge in [-0.1, -0.05) is 6.07 Å². The Kier molecular flexibility index (Phi) is 3.88. The smallest absolute Gasteiger partial charge is 0.207 e. The molecule has 0 atom stereocenters. The number of hydrogen-bond acceptors (Lipinski definition) is 4. The lowest BCUT2D eigenvalue weighted by Gasteiger charge is -2.14. The Bertz CT molecular complexity index is 342. The molecule has 0 aromatic heterocycles. The number of methoxy groups -OCH3 is 2. The van der Waals surface area contributed by atoms with Crippen molar-refractivity contribution in [1.82, 2.24) is 5.06 Å². The first-order chi connectivity index (χ1) is 7.10. The lowest BCUT2D eigenvalue weighted by Crippen LogP contribution is -2.13. The van der Waals surface area contributed by atoms with Crippen LogP contribution in [0, 0.1) is 5.82 Å². The fourth-order valence-corrected chi connectivity index (χ4v) is 1.33. The van der Waals surface area contributed by atoms with Gasteiger partial charge in [-0.2, -0.15) is 9.45 Å². The molecule has 0 heterocycles. The molecule has 1 rings (SSSR count). The summed E-state index contributed by atoms with van der Waals surface area (Å²) in [6.45, 7) is 0.185. The lowest BCUT2D eigenvalue weighted by molar-refractivity contribution is -0.0736. The Morgan fingerprint density at radius 3 is 2.47 bits per heavy atom. The summed E-state index contributed by atoms with van der Waals surface area (Å²) in [5.41, 5.74) is 0.556. The van der Waals surface area contributed by atoms with Crippen molar-refractivity contribution in [2.45, 2.75) is 6.54 Å². The van der Waals surface area contributed by atoms with Crippen LogP contribution in [0.1, 0.15) is 5.56 Å². The van der Waals surface area contributed by atoms with Crippen molar-refractivity contribution in [3.63, 3.8) is 0 Å². The molecule has 0 spiro atoms. The number of benzene rings is 1. The van der Waals surface area contributed by atoms with E-state index < -0.39 is 5.82 Å². The molecule has 0 amide bonds. The van der Waals surface area contributed by atoms with E-state index in [0.29, 0.717) is 5.56 Å². The molecular weight excluding hydrogens is 201 g/mol. The summed E-state index contributed by atoms with van der Waals surface area (Å²) in [6.07, 6.45) is 0. The van der Waals surface area contributed by atoms with Gasteiger partial charge in [0.05, 0.1) is 20.8 Å². The lowest BCUT2D eigenvalue weighted by atomic mass is 10.1. The van der Waals surface area contributed by atoms with Crippen molar-refractivity contribution >= 4 is 0 Å². The Morgan fingerprint density at radius 2 is 2.00 bits per heavy atom. The summed E-state index contributed by atoms with van der Waals surface area (Å²) in [4.78, 5) is 0. The van der Waals surface area contributed by atoms with E-state index >= 15 is 0 Å². The van der Waals surface area contributed by atoms with Crippen LogP contribution in [0.3, 0.4) is 0 Å². The van der Waals surface area contributed by atoms with Gasteiger partial charge in [0.1, 0.15) is 0 Å². The minimum Gasteiger partial charge on any atom is -0.494 e. The van der Waals surface area contributed by atoms with Gasteiger partial charge in [-0.3, -0.25) is 0 Å². The molecule has 1 N–H and O–H groups in total. The maximum absolute atomic E-state index is 13.6. The number of rotatable bonds is 4. The summed E-state index contributed by atoms with van der Waals surface area (Å²) >= 11 is 0. The molecule has 0 fully saturated rings. The molecule has 15 heavy (non-hydrogen) atoms. The second-order valence-electron chi connectivity index (χ2n) is 3.09. The van der Waals surface area contributed by atoms with Crippen molar-refractivity contribution in [2.24, 2.45) is 0 Å². The fourth-order valence-electron chi connectivity index (χ4n) is 1.33. The third-order valence-corrected chi connectivity index (χ3v) is 1.97. The van der Waals surface area contributed by atoms with E-state index in [-0.39, 0.29) is 18.0 Å². The summed E-state index contributed by atoms with van der Waals surface area (Å²) in [7, 11) is 4.23. The van der Waals surface area contributed by atoms with Crippen LogP contribution in [0.25, 0.3) is 0 Å². The number of hydroxylamine groups is 2. The first-order valence-electron chi connectivity index (χ1n) is 4.39. The highest BCUT2D eigenvalue weighted by Gasteiger charge is 2.15. The summed E-state index contributed by atoms with van der Waals surface area (Å²) in [5.74, 6) is -0.342. The SMILES string of the molecule is COc1ccc(CN(C)O)c(OC)c1F. The zero-order chi connectivity index (χ0) is 11.4. The van der Waals surface area contributed by atoms with E-state index in [4.69, 9.17) is 14.7 Å². The van der Waals surface area contributed by atoms with Crippen molar-refractivity contribution in [3.05, 3.63) is 23.5 Å². The van der Waals surface area contributed by atoms with Crippen LogP contribution in [0.15, 0.2) is 12.1 Å². The summed E-state index contributed by atoms with van der Waals surface area (Å²) < 4.78 is 23.4. The third kappa shape index (κ3) is 2.57. The molecule has 0 bridgehead atoms. The highest BCUT2D eigenvalue weighted by molar-refractivity contribution is 5.42. The maximum Gasteiger partial charge on any atom is 0.207 e. The van der Waals surface area contributed by atoms with Crippen LogP contribution in [0.5, 0.6) is 11.5 Å². The van der Waals surface area contributed by atoms with Gasteiger partial charge in [0.15, 0.2) is 11.5 Å². The minimum absolute atomic E-state index is 0.0928. The topological polar surface area (TPSA) is 41.9 Å². The standard InChI is InChI=1S/C10H14FNO3/c1-12(13)6-7-4-5-8(14-2)9(11)10(7)15-3/h4-5,13H,6H2,1-3H3. The number of halogens is 1. The van der Waals surface area contributed by atoms with E-state index in [9.17, 15) is 4.39 Å². The normalized spacial score (nSPS) is 10.5. The highest BCUT2D eigenvalue weighted by Crippen LogP contribution is 2.30. The zero-order valence-corrected chi connectivity index (χ0v) is 8.95.